The van der Waals surface area contributed by atoms with Crippen LogP contribution in [0.2, 0.25) is 5.02 Å². The zero-order valence-electron chi connectivity index (χ0n) is 8.56. The molecule has 3 N–H and O–H groups in total. The lowest BCUT2D eigenvalue weighted by Gasteiger charge is -2.14. The van der Waals surface area contributed by atoms with Crippen LogP contribution in [0.3, 0.4) is 0 Å². The van der Waals surface area contributed by atoms with Crippen LogP contribution in [0.5, 0.6) is 5.75 Å². The van der Waals surface area contributed by atoms with Gasteiger partial charge < -0.3 is 10.8 Å². The van der Waals surface area contributed by atoms with E-state index in [1.165, 1.54) is 0 Å². The van der Waals surface area contributed by atoms with Gasteiger partial charge in [-0.2, -0.15) is 0 Å². The van der Waals surface area contributed by atoms with Crippen LogP contribution in [0.4, 0.5) is 0 Å². The van der Waals surface area contributed by atoms with Gasteiger partial charge in [-0.25, -0.2) is 0 Å². The van der Waals surface area contributed by atoms with Crippen molar-refractivity contribution in [3.8, 4) is 5.75 Å². The summed E-state index contributed by atoms with van der Waals surface area (Å²) in [5, 5.41) is 12.2. The lowest BCUT2D eigenvalue weighted by molar-refractivity contribution is 0.465. The van der Waals surface area contributed by atoms with Crippen molar-refractivity contribution in [2.24, 2.45) is 5.73 Å². The predicted octanol–water partition coefficient (Wildman–Crippen LogP) is 4.34. The Morgan fingerprint density at radius 3 is 2.65 bits per heavy atom. The van der Waals surface area contributed by atoms with E-state index in [-0.39, 0.29) is 24.2 Å². The molecule has 92 valence electrons. The Morgan fingerprint density at radius 1 is 1.35 bits per heavy atom. The molecule has 0 radical (unpaired) electrons. The molecule has 0 amide bonds. The van der Waals surface area contributed by atoms with Crippen LogP contribution < -0.4 is 5.73 Å². The fourth-order valence-corrected chi connectivity index (χ4v) is 2.93. The summed E-state index contributed by atoms with van der Waals surface area (Å²) < 4.78 is 0.760. The Morgan fingerprint density at radius 2 is 2.06 bits per heavy atom. The van der Waals surface area contributed by atoms with Gasteiger partial charge in [0.05, 0.1) is 11.1 Å². The number of halogens is 3. The SMILES string of the molecule is Cl.N[C@@H](c1cccs1)c1c(Br)ccc(Cl)c1O. The highest BCUT2D eigenvalue weighted by Gasteiger charge is 2.19. The van der Waals surface area contributed by atoms with Gasteiger partial charge in [-0.3, -0.25) is 0 Å². The van der Waals surface area contributed by atoms with Crippen LogP contribution in [-0.2, 0) is 0 Å². The number of hydrogen-bond acceptors (Lipinski definition) is 3. The maximum atomic E-state index is 9.91. The third kappa shape index (κ3) is 2.95. The second-order valence-electron chi connectivity index (χ2n) is 3.28. The molecule has 0 saturated carbocycles. The fourth-order valence-electron chi connectivity index (χ4n) is 1.46. The molecule has 6 heteroatoms. The second-order valence-corrected chi connectivity index (χ2v) is 5.53. The van der Waals surface area contributed by atoms with Crippen LogP contribution in [-0.4, -0.2) is 5.11 Å². The second kappa shape index (κ2) is 6.07. The summed E-state index contributed by atoms with van der Waals surface area (Å²) in [4.78, 5) is 0.985. The van der Waals surface area contributed by atoms with E-state index in [1.807, 2.05) is 17.5 Å². The van der Waals surface area contributed by atoms with Crippen molar-refractivity contribution in [2.45, 2.75) is 6.04 Å². The molecule has 0 bridgehead atoms. The van der Waals surface area contributed by atoms with Crippen molar-refractivity contribution in [1.29, 1.82) is 0 Å². The largest absolute Gasteiger partial charge is 0.506 e. The monoisotopic (exact) mass is 353 g/mol. The molecule has 1 heterocycles. The van der Waals surface area contributed by atoms with E-state index in [9.17, 15) is 5.11 Å². The van der Waals surface area contributed by atoms with Crippen LogP contribution in [0.15, 0.2) is 34.1 Å². The van der Waals surface area contributed by atoms with E-state index in [4.69, 9.17) is 17.3 Å². The number of phenols is 1. The van der Waals surface area contributed by atoms with Crippen LogP contribution in [0.1, 0.15) is 16.5 Å². The fraction of sp³-hybridized carbons (Fsp3) is 0.0909. The van der Waals surface area contributed by atoms with Gasteiger partial charge in [0.2, 0.25) is 0 Å². The molecule has 0 saturated heterocycles. The van der Waals surface area contributed by atoms with Crippen molar-refractivity contribution in [3.05, 3.63) is 49.6 Å². The molecule has 2 nitrogen and oxygen atoms in total. The lowest BCUT2D eigenvalue weighted by atomic mass is 10.1. The summed E-state index contributed by atoms with van der Waals surface area (Å²) in [6.07, 6.45) is 0. The summed E-state index contributed by atoms with van der Waals surface area (Å²) in [5.41, 5.74) is 6.71. The van der Waals surface area contributed by atoms with E-state index < -0.39 is 0 Å². The first-order valence-electron chi connectivity index (χ1n) is 4.57. The van der Waals surface area contributed by atoms with Crippen molar-refractivity contribution < 1.29 is 5.11 Å². The quantitative estimate of drug-likeness (QED) is 0.842. The summed E-state index contributed by atoms with van der Waals surface area (Å²) in [5.74, 6) is 0.0388. The lowest BCUT2D eigenvalue weighted by Crippen LogP contribution is -2.11. The van der Waals surface area contributed by atoms with Gasteiger partial charge in [0.1, 0.15) is 5.75 Å². The minimum atomic E-state index is -0.368. The number of thiophene rings is 1. The molecule has 1 atom stereocenters. The number of hydrogen-bond donors (Lipinski definition) is 2. The first kappa shape index (κ1) is 14.8. The highest BCUT2D eigenvalue weighted by molar-refractivity contribution is 9.10. The van der Waals surface area contributed by atoms with Crippen molar-refractivity contribution in [1.82, 2.24) is 0 Å². The Hall–Kier alpha value is -0.260. The van der Waals surface area contributed by atoms with Crippen LogP contribution >= 0.6 is 51.3 Å². The third-order valence-electron chi connectivity index (χ3n) is 2.28. The first-order chi connectivity index (χ1) is 7.61. The Bertz CT molecular complexity index is 504. The van der Waals surface area contributed by atoms with Crippen LogP contribution in [0, 0.1) is 0 Å². The predicted molar refractivity (Wildman–Crippen MR) is 78.4 cm³/mol. The topological polar surface area (TPSA) is 46.2 Å². The zero-order chi connectivity index (χ0) is 11.7. The average Bonchev–Trinajstić information content (AvgIpc) is 2.77. The third-order valence-corrected chi connectivity index (χ3v) is 4.23. The molecule has 0 aliphatic carbocycles. The highest BCUT2D eigenvalue weighted by Crippen LogP contribution is 2.39. The molecule has 0 aliphatic rings. The molecule has 2 rings (SSSR count). The minimum Gasteiger partial charge on any atom is -0.506 e. The summed E-state index contributed by atoms with van der Waals surface area (Å²) in [6, 6.07) is 6.90. The van der Waals surface area contributed by atoms with Crippen molar-refractivity contribution in [3.63, 3.8) is 0 Å². The Labute approximate surface area is 123 Å². The van der Waals surface area contributed by atoms with Gasteiger partial charge in [0.15, 0.2) is 0 Å². The molecule has 2 aromatic rings. The van der Waals surface area contributed by atoms with E-state index in [0.717, 1.165) is 9.35 Å². The van der Waals surface area contributed by atoms with E-state index in [0.29, 0.717) is 10.6 Å². The van der Waals surface area contributed by atoms with Crippen molar-refractivity contribution in [2.75, 3.05) is 0 Å². The minimum absolute atomic E-state index is 0. The summed E-state index contributed by atoms with van der Waals surface area (Å²) in [6.45, 7) is 0. The molecule has 17 heavy (non-hydrogen) atoms. The van der Waals surface area contributed by atoms with Crippen LogP contribution in [0.25, 0.3) is 0 Å². The normalized spacial score (nSPS) is 11.9. The van der Waals surface area contributed by atoms with Gasteiger partial charge in [-0.15, -0.1) is 23.7 Å². The Kier molecular flexibility index (Phi) is 5.28. The maximum absolute atomic E-state index is 9.91. The number of aromatic hydroxyl groups is 1. The zero-order valence-corrected chi connectivity index (χ0v) is 12.5. The van der Waals surface area contributed by atoms with Gasteiger partial charge >= 0.3 is 0 Å². The number of nitrogens with two attached hydrogens (primary N) is 1. The van der Waals surface area contributed by atoms with Crippen molar-refractivity contribution >= 4 is 51.3 Å². The van der Waals surface area contributed by atoms with Gasteiger partial charge in [0, 0.05) is 14.9 Å². The number of rotatable bonds is 2. The molecule has 1 aromatic heterocycles. The van der Waals surface area contributed by atoms with Gasteiger partial charge in [-0.1, -0.05) is 33.6 Å². The van der Waals surface area contributed by atoms with E-state index in [1.54, 1.807) is 23.5 Å². The molecule has 0 fully saturated rings. The molecule has 0 spiro atoms. The smallest absolute Gasteiger partial charge is 0.140 e. The molecule has 0 aliphatic heterocycles. The van der Waals surface area contributed by atoms with Gasteiger partial charge in [0.25, 0.3) is 0 Å². The van der Waals surface area contributed by atoms with E-state index >= 15 is 0 Å². The first-order valence-corrected chi connectivity index (χ1v) is 6.62. The summed E-state index contributed by atoms with van der Waals surface area (Å²) >= 11 is 10.8. The average molecular weight is 355 g/mol. The molecular formula is C11H10BrCl2NOS. The summed E-state index contributed by atoms with van der Waals surface area (Å²) in [7, 11) is 0. The highest BCUT2D eigenvalue weighted by atomic mass is 79.9. The molecule has 1 aromatic carbocycles. The van der Waals surface area contributed by atoms with E-state index in [2.05, 4.69) is 15.9 Å². The molecule has 0 unspecified atom stereocenters. The molecular weight excluding hydrogens is 345 g/mol. The van der Waals surface area contributed by atoms with Gasteiger partial charge in [-0.05, 0) is 23.6 Å². The standard InChI is InChI=1S/C11H9BrClNOS.ClH/c12-6-3-4-7(13)11(15)9(6)10(14)8-2-1-5-16-8;/h1-5,10,15H,14H2;1H/t10-;/m0./s1. The number of benzene rings is 1. The number of phenolic OH excluding ortho intramolecular Hbond substituents is 1. The maximum Gasteiger partial charge on any atom is 0.140 e. The Balaban J connectivity index is 0.00000144.